The van der Waals surface area contributed by atoms with Gasteiger partial charge in [-0.3, -0.25) is 9.10 Å². The van der Waals surface area contributed by atoms with Crippen molar-refractivity contribution in [2.45, 2.75) is 31.7 Å². The van der Waals surface area contributed by atoms with Crippen molar-refractivity contribution < 1.29 is 27.4 Å². The van der Waals surface area contributed by atoms with Gasteiger partial charge in [0.05, 0.1) is 37.5 Å². The van der Waals surface area contributed by atoms with E-state index in [0.717, 1.165) is 21.2 Å². The van der Waals surface area contributed by atoms with E-state index >= 15 is 0 Å². The number of hydrogen-bond acceptors (Lipinski definition) is 6. The number of ether oxygens (including phenoxy) is 3. The average molecular weight is 513 g/mol. The summed E-state index contributed by atoms with van der Waals surface area (Å²) in [5.41, 5.74) is 2.21. The van der Waals surface area contributed by atoms with Gasteiger partial charge in [-0.1, -0.05) is 29.8 Å². The van der Waals surface area contributed by atoms with Gasteiger partial charge in [0, 0.05) is 6.07 Å². The number of methoxy groups -OCH3 is 2. The largest absolute Gasteiger partial charge is 0.494 e. The fraction of sp³-hybridized carbons (Fsp3) is 0.296. The van der Waals surface area contributed by atoms with Gasteiger partial charge in [0.1, 0.15) is 12.3 Å². The van der Waals surface area contributed by atoms with Gasteiger partial charge in [-0.25, -0.2) is 8.42 Å². The quantitative estimate of drug-likeness (QED) is 0.407. The van der Waals surface area contributed by atoms with E-state index < -0.39 is 22.5 Å². The first-order valence-corrected chi connectivity index (χ1v) is 13.0. The molecular weight excluding hydrogens is 480 g/mol. The molecule has 3 aromatic carbocycles. The molecule has 0 radical (unpaired) electrons. The smallest absolute Gasteiger partial charge is 0.264 e. The fourth-order valence-electron chi connectivity index (χ4n) is 3.65. The second kappa shape index (κ2) is 11.8. The third-order valence-corrected chi connectivity index (χ3v) is 7.39. The van der Waals surface area contributed by atoms with Crippen LogP contribution in [0.1, 0.15) is 31.0 Å². The predicted octanol–water partition coefficient (Wildman–Crippen LogP) is 4.48. The number of aryl methyl sites for hydroxylation is 1. The number of hydrogen-bond donors (Lipinski definition) is 1. The van der Waals surface area contributed by atoms with Gasteiger partial charge in [0.25, 0.3) is 10.0 Å². The number of amides is 1. The first-order valence-electron chi connectivity index (χ1n) is 11.5. The molecule has 0 aromatic heterocycles. The number of benzene rings is 3. The van der Waals surface area contributed by atoms with E-state index in [4.69, 9.17) is 14.2 Å². The molecule has 1 amide bonds. The van der Waals surface area contributed by atoms with Gasteiger partial charge in [-0.15, -0.1) is 0 Å². The van der Waals surface area contributed by atoms with Crippen LogP contribution < -0.4 is 23.8 Å². The molecule has 8 nitrogen and oxygen atoms in total. The number of carbonyl (C=O) groups is 1. The van der Waals surface area contributed by atoms with Crippen molar-refractivity contribution in [2.75, 3.05) is 31.7 Å². The van der Waals surface area contributed by atoms with Crippen molar-refractivity contribution in [3.05, 3.63) is 77.9 Å². The summed E-state index contributed by atoms with van der Waals surface area (Å²) >= 11 is 0. The van der Waals surface area contributed by atoms with E-state index in [1.807, 2.05) is 45.0 Å². The molecule has 0 unspecified atom stereocenters. The number of rotatable bonds is 11. The molecule has 0 aliphatic heterocycles. The third kappa shape index (κ3) is 6.28. The first kappa shape index (κ1) is 26.9. The summed E-state index contributed by atoms with van der Waals surface area (Å²) < 4.78 is 44.5. The van der Waals surface area contributed by atoms with Crippen LogP contribution in [0.5, 0.6) is 17.2 Å². The summed E-state index contributed by atoms with van der Waals surface area (Å²) in [5.74, 6) is 0.976. The highest BCUT2D eigenvalue weighted by atomic mass is 32.2. The van der Waals surface area contributed by atoms with Gasteiger partial charge >= 0.3 is 0 Å². The molecule has 3 aromatic rings. The minimum atomic E-state index is -4.11. The summed E-state index contributed by atoms with van der Waals surface area (Å²) in [4.78, 5) is 13.0. The molecule has 0 heterocycles. The van der Waals surface area contributed by atoms with Crippen molar-refractivity contribution >= 4 is 21.6 Å². The SMILES string of the molecule is CCOc1ccc([C@H](C)NC(=O)CN(c2ccc(C)cc2)S(=O)(=O)c2ccc(OC)c(OC)c2)cc1. The normalized spacial score (nSPS) is 11.9. The fourth-order valence-corrected chi connectivity index (χ4v) is 5.09. The highest BCUT2D eigenvalue weighted by molar-refractivity contribution is 7.92. The molecule has 36 heavy (non-hydrogen) atoms. The molecule has 3 rings (SSSR count). The van der Waals surface area contributed by atoms with E-state index in [-0.39, 0.29) is 16.7 Å². The summed E-state index contributed by atoms with van der Waals surface area (Å²) in [6.07, 6.45) is 0. The van der Waals surface area contributed by atoms with Crippen molar-refractivity contribution in [1.29, 1.82) is 0 Å². The third-order valence-electron chi connectivity index (χ3n) is 5.62. The molecule has 0 aliphatic carbocycles. The molecule has 0 saturated heterocycles. The van der Waals surface area contributed by atoms with Crippen molar-refractivity contribution in [3.63, 3.8) is 0 Å². The highest BCUT2D eigenvalue weighted by Gasteiger charge is 2.29. The molecule has 0 aliphatic rings. The Morgan fingerprint density at radius 3 is 2.17 bits per heavy atom. The number of anilines is 1. The Hall–Kier alpha value is -3.72. The number of sulfonamides is 1. The summed E-state index contributed by atoms with van der Waals surface area (Å²) in [6.45, 7) is 5.82. The average Bonchev–Trinajstić information content (AvgIpc) is 2.88. The molecule has 1 atom stereocenters. The molecule has 0 spiro atoms. The van der Waals surface area contributed by atoms with E-state index in [9.17, 15) is 13.2 Å². The lowest BCUT2D eigenvalue weighted by Crippen LogP contribution is -2.41. The van der Waals surface area contributed by atoms with Gasteiger partial charge < -0.3 is 19.5 Å². The molecule has 0 saturated carbocycles. The van der Waals surface area contributed by atoms with E-state index in [2.05, 4.69) is 5.32 Å². The van der Waals surface area contributed by atoms with Crippen LogP contribution in [0.2, 0.25) is 0 Å². The van der Waals surface area contributed by atoms with E-state index in [1.54, 1.807) is 24.3 Å². The lowest BCUT2D eigenvalue weighted by Gasteiger charge is -2.25. The van der Waals surface area contributed by atoms with Crippen molar-refractivity contribution in [2.24, 2.45) is 0 Å². The molecule has 192 valence electrons. The van der Waals surface area contributed by atoms with Gasteiger partial charge in [-0.05, 0) is 62.7 Å². The molecule has 0 bridgehead atoms. The van der Waals surface area contributed by atoms with Crippen LogP contribution in [0, 0.1) is 6.92 Å². The Kier molecular flexibility index (Phi) is 8.82. The topological polar surface area (TPSA) is 94.2 Å². The van der Waals surface area contributed by atoms with Crippen LogP contribution in [-0.4, -0.2) is 41.7 Å². The highest BCUT2D eigenvalue weighted by Crippen LogP contribution is 2.32. The van der Waals surface area contributed by atoms with Crippen LogP contribution in [0.25, 0.3) is 0 Å². The molecule has 9 heteroatoms. The zero-order valence-electron chi connectivity index (χ0n) is 21.1. The Bertz CT molecular complexity index is 1270. The molecule has 1 N–H and O–H groups in total. The van der Waals surface area contributed by atoms with Crippen LogP contribution in [-0.2, 0) is 14.8 Å². The monoisotopic (exact) mass is 512 g/mol. The number of carbonyl (C=O) groups excluding carboxylic acids is 1. The minimum absolute atomic E-state index is 0.0203. The summed E-state index contributed by atoms with van der Waals surface area (Å²) in [6, 6.07) is 18.4. The van der Waals surface area contributed by atoms with Crippen molar-refractivity contribution in [1.82, 2.24) is 5.32 Å². The van der Waals surface area contributed by atoms with Crippen LogP contribution in [0.3, 0.4) is 0 Å². The zero-order valence-corrected chi connectivity index (χ0v) is 22.0. The Morgan fingerprint density at radius 1 is 0.944 bits per heavy atom. The standard InChI is InChI=1S/C27H32N2O6S/c1-6-35-23-13-9-21(10-14-23)20(3)28-27(30)18-29(22-11-7-19(2)8-12-22)36(31,32)24-15-16-25(33-4)26(17-24)34-5/h7-17,20H,6,18H2,1-5H3,(H,28,30)/t20-/m0/s1. The molecular formula is C27H32N2O6S. The maximum absolute atomic E-state index is 13.7. The Morgan fingerprint density at radius 2 is 1.58 bits per heavy atom. The summed E-state index contributed by atoms with van der Waals surface area (Å²) in [5, 5.41) is 2.89. The molecule has 0 fully saturated rings. The maximum atomic E-state index is 13.7. The summed E-state index contributed by atoms with van der Waals surface area (Å²) in [7, 11) is -1.21. The minimum Gasteiger partial charge on any atom is -0.494 e. The number of nitrogens with zero attached hydrogens (tertiary/aromatic N) is 1. The van der Waals surface area contributed by atoms with Crippen LogP contribution in [0.4, 0.5) is 5.69 Å². The lowest BCUT2D eigenvalue weighted by atomic mass is 10.1. The van der Waals surface area contributed by atoms with Gasteiger partial charge in [0.15, 0.2) is 11.5 Å². The van der Waals surface area contributed by atoms with E-state index in [0.29, 0.717) is 18.0 Å². The van der Waals surface area contributed by atoms with Gasteiger partial charge in [0.2, 0.25) is 5.91 Å². The second-order valence-electron chi connectivity index (χ2n) is 8.16. The van der Waals surface area contributed by atoms with Crippen molar-refractivity contribution in [3.8, 4) is 17.2 Å². The lowest BCUT2D eigenvalue weighted by molar-refractivity contribution is -0.120. The zero-order chi connectivity index (χ0) is 26.3. The Balaban J connectivity index is 1.88. The Labute approximate surface area is 212 Å². The predicted molar refractivity (Wildman–Crippen MR) is 139 cm³/mol. The maximum Gasteiger partial charge on any atom is 0.264 e. The second-order valence-corrected chi connectivity index (χ2v) is 10.0. The van der Waals surface area contributed by atoms with E-state index in [1.165, 1.54) is 32.4 Å². The van der Waals surface area contributed by atoms with Gasteiger partial charge in [-0.2, -0.15) is 0 Å². The number of nitrogens with one attached hydrogen (secondary N) is 1. The van der Waals surface area contributed by atoms with Crippen LogP contribution >= 0.6 is 0 Å². The van der Waals surface area contributed by atoms with Crippen LogP contribution in [0.15, 0.2) is 71.6 Å². The first-order chi connectivity index (χ1) is 17.2.